The molecule has 5 nitrogen and oxygen atoms in total. The molecule has 0 aromatic carbocycles. The third-order valence-electron chi connectivity index (χ3n) is 2.43. The summed E-state index contributed by atoms with van der Waals surface area (Å²) >= 11 is 0. The van der Waals surface area contributed by atoms with Gasteiger partial charge in [0.15, 0.2) is 0 Å². The molecule has 1 aliphatic rings. The Bertz CT molecular complexity index is 258. The van der Waals surface area contributed by atoms with Crippen molar-refractivity contribution in [2.24, 2.45) is 0 Å². The lowest BCUT2D eigenvalue weighted by Crippen LogP contribution is -2.35. The fraction of sp³-hybridized carbons (Fsp3) is 0.800. The van der Waals surface area contributed by atoms with Gasteiger partial charge in [-0.3, -0.25) is 9.69 Å². The summed E-state index contributed by atoms with van der Waals surface area (Å²) in [4.78, 5) is 12.4. The maximum Gasteiger partial charge on any atom is 0.306 e. The molecule has 0 radical (unpaired) electrons. The summed E-state index contributed by atoms with van der Waals surface area (Å²) in [7, 11) is 0. The summed E-state index contributed by atoms with van der Waals surface area (Å²) in [6.45, 7) is 0.983. The van der Waals surface area contributed by atoms with Crippen LogP contribution in [0.1, 0.15) is 25.7 Å². The Morgan fingerprint density at radius 1 is 1.60 bits per heavy atom. The van der Waals surface area contributed by atoms with Gasteiger partial charge in [0, 0.05) is 25.6 Å². The van der Waals surface area contributed by atoms with E-state index in [-0.39, 0.29) is 6.42 Å². The van der Waals surface area contributed by atoms with Crippen LogP contribution in [0, 0.1) is 11.3 Å². The largest absolute Gasteiger partial charge is 0.481 e. The normalized spacial score (nSPS) is 17.4. The van der Waals surface area contributed by atoms with E-state index >= 15 is 0 Å². The average molecular weight is 212 g/mol. The van der Waals surface area contributed by atoms with Crippen molar-refractivity contribution in [1.82, 2.24) is 4.90 Å². The molecule has 1 saturated carbocycles. The van der Waals surface area contributed by atoms with Crippen molar-refractivity contribution in [3.8, 4) is 6.07 Å². The number of nitrogens with zero attached hydrogens (tertiary/aromatic N) is 2. The van der Waals surface area contributed by atoms with E-state index in [9.17, 15) is 9.90 Å². The molecule has 0 amide bonds. The van der Waals surface area contributed by atoms with E-state index in [4.69, 9.17) is 10.4 Å². The maximum absolute atomic E-state index is 10.4. The van der Waals surface area contributed by atoms with Crippen LogP contribution in [-0.2, 0) is 4.79 Å². The Balaban J connectivity index is 2.30. The maximum atomic E-state index is 10.4. The second-order valence-corrected chi connectivity index (χ2v) is 3.89. The molecule has 1 aliphatic carbocycles. The molecule has 0 bridgehead atoms. The van der Waals surface area contributed by atoms with Crippen LogP contribution in [-0.4, -0.2) is 46.3 Å². The van der Waals surface area contributed by atoms with Crippen LogP contribution in [0.4, 0.5) is 0 Å². The van der Waals surface area contributed by atoms with Gasteiger partial charge in [-0.1, -0.05) is 0 Å². The first-order valence-electron chi connectivity index (χ1n) is 5.14. The molecule has 0 aliphatic heterocycles. The molecule has 5 heteroatoms. The van der Waals surface area contributed by atoms with Crippen LogP contribution >= 0.6 is 0 Å². The Morgan fingerprint density at radius 2 is 2.27 bits per heavy atom. The molecule has 1 rings (SSSR count). The van der Waals surface area contributed by atoms with E-state index in [0.717, 1.165) is 12.8 Å². The molecule has 0 spiro atoms. The first-order chi connectivity index (χ1) is 7.13. The number of rotatable bonds is 7. The van der Waals surface area contributed by atoms with Gasteiger partial charge in [-0.25, -0.2) is 0 Å². The number of hydrogen-bond donors (Lipinski definition) is 2. The summed E-state index contributed by atoms with van der Waals surface area (Å²) in [5, 5.41) is 26.4. The lowest BCUT2D eigenvalue weighted by Gasteiger charge is -2.23. The van der Waals surface area contributed by atoms with E-state index in [1.54, 1.807) is 0 Å². The van der Waals surface area contributed by atoms with Gasteiger partial charge in [-0.05, 0) is 12.8 Å². The Kier molecular flexibility index (Phi) is 4.53. The van der Waals surface area contributed by atoms with Gasteiger partial charge >= 0.3 is 5.97 Å². The zero-order valence-electron chi connectivity index (χ0n) is 8.59. The highest BCUT2D eigenvalue weighted by atomic mass is 16.4. The summed E-state index contributed by atoms with van der Waals surface area (Å²) in [6.07, 6.45) is 1.55. The van der Waals surface area contributed by atoms with Crippen molar-refractivity contribution < 1.29 is 15.0 Å². The van der Waals surface area contributed by atoms with E-state index in [2.05, 4.69) is 6.07 Å². The predicted octanol–water partition coefficient (Wildman–Crippen LogP) is 0.200. The van der Waals surface area contributed by atoms with E-state index in [1.165, 1.54) is 0 Å². The minimum atomic E-state index is -0.987. The molecule has 0 saturated heterocycles. The van der Waals surface area contributed by atoms with Gasteiger partial charge in [0.05, 0.1) is 18.6 Å². The van der Waals surface area contributed by atoms with Gasteiger partial charge < -0.3 is 10.2 Å². The van der Waals surface area contributed by atoms with Gasteiger partial charge in [-0.15, -0.1) is 0 Å². The number of aliphatic hydroxyl groups excluding tert-OH is 1. The predicted molar refractivity (Wildman–Crippen MR) is 53.1 cm³/mol. The van der Waals surface area contributed by atoms with Crippen molar-refractivity contribution in [3.63, 3.8) is 0 Å². The molecule has 0 heterocycles. The second kappa shape index (κ2) is 5.69. The van der Waals surface area contributed by atoms with Crippen LogP contribution < -0.4 is 0 Å². The quantitative estimate of drug-likeness (QED) is 0.629. The molecule has 0 aromatic rings. The highest BCUT2D eigenvalue weighted by molar-refractivity contribution is 5.67. The number of aliphatic carboxylic acids is 1. The van der Waals surface area contributed by atoms with Gasteiger partial charge in [0.2, 0.25) is 0 Å². The van der Waals surface area contributed by atoms with Crippen molar-refractivity contribution in [2.75, 3.05) is 13.1 Å². The molecule has 0 aromatic heterocycles. The van der Waals surface area contributed by atoms with Gasteiger partial charge in [-0.2, -0.15) is 5.26 Å². The third-order valence-corrected chi connectivity index (χ3v) is 2.43. The van der Waals surface area contributed by atoms with E-state index < -0.39 is 12.1 Å². The second-order valence-electron chi connectivity index (χ2n) is 3.89. The van der Waals surface area contributed by atoms with Crippen molar-refractivity contribution >= 4 is 5.97 Å². The zero-order valence-corrected chi connectivity index (χ0v) is 8.59. The molecule has 1 unspecified atom stereocenters. The number of hydrogen-bond acceptors (Lipinski definition) is 4. The number of carboxylic acids is 1. The standard InChI is InChI=1S/C10H16N2O3/c11-4-1-5-12(8-2-3-8)7-9(13)6-10(14)15/h8-9,13H,1-3,5-7H2,(H,14,15). The summed E-state index contributed by atoms with van der Waals surface area (Å²) in [5.74, 6) is -0.987. The molecular formula is C10H16N2O3. The SMILES string of the molecule is N#CCCN(CC(O)CC(=O)O)C1CC1. The van der Waals surface area contributed by atoms with E-state index in [1.807, 2.05) is 4.90 Å². The zero-order chi connectivity index (χ0) is 11.3. The van der Waals surface area contributed by atoms with Crippen molar-refractivity contribution in [3.05, 3.63) is 0 Å². The first kappa shape index (κ1) is 12.0. The number of carboxylic acid groups (broad SMARTS) is 1. The van der Waals surface area contributed by atoms with Crippen LogP contribution in [0.25, 0.3) is 0 Å². The molecule has 84 valence electrons. The summed E-state index contributed by atoms with van der Waals surface area (Å²) in [6, 6.07) is 2.50. The minimum absolute atomic E-state index is 0.226. The Hall–Kier alpha value is -1.12. The van der Waals surface area contributed by atoms with Crippen molar-refractivity contribution in [2.45, 2.75) is 37.8 Å². The number of nitriles is 1. The minimum Gasteiger partial charge on any atom is -0.481 e. The summed E-state index contributed by atoms with van der Waals surface area (Å²) in [5.41, 5.74) is 0. The molecule has 1 fully saturated rings. The van der Waals surface area contributed by atoms with Crippen molar-refractivity contribution in [1.29, 1.82) is 5.26 Å². The Morgan fingerprint density at radius 3 is 2.73 bits per heavy atom. The molecule has 15 heavy (non-hydrogen) atoms. The van der Waals surface area contributed by atoms with E-state index in [0.29, 0.717) is 25.6 Å². The smallest absolute Gasteiger partial charge is 0.306 e. The van der Waals surface area contributed by atoms with Crippen LogP contribution in [0.3, 0.4) is 0 Å². The number of aliphatic hydroxyl groups is 1. The van der Waals surface area contributed by atoms with Crippen LogP contribution in [0.2, 0.25) is 0 Å². The fourth-order valence-electron chi connectivity index (χ4n) is 1.59. The average Bonchev–Trinajstić information content (AvgIpc) is 2.93. The highest BCUT2D eigenvalue weighted by Gasteiger charge is 2.30. The first-order valence-corrected chi connectivity index (χ1v) is 5.14. The molecule has 1 atom stereocenters. The summed E-state index contributed by atoms with van der Waals surface area (Å²) < 4.78 is 0. The Labute approximate surface area is 88.9 Å². The monoisotopic (exact) mass is 212 g/mol. The van der Waals surface area contributed by atoms with Gasteiger partial charge in [0.1, 0.15) is 0 Å². The number of carbonyl (C=O) groups is 1. The molecule has 2 N–H and O–H groups in total. The van der Waals surface area contributed by atoms with Crippen LogP contribution in [0.5, 0.6) is 0 Å². The lowest BCUT2D eigenvalue weighted by molar-refractivity contribution is -0.139. The lowest BCUT2D eigenvalue weighted by atomic mass is 10.2. The molecular weight excluding hydrogens is 196 g/mol. The van der Waals surface area contributed by atoms with Crippen LogP contribution in [0.15, 0.2) is 0 Å². The topological polar surface area (TPSA) is 84.6 Å². The fourth-order valence-corrected chi connectivity index (χ4v) is 1.59. The highest BCUT2D eigenvalue weighted by Crippen LogP contribution is 2.27. The third kappa shape index (κ3) is 4.77. The van der Waals surface area contributed by atoms with Gasteiger partial charge in [0.25, 0.3) is 0 Å².